The van der Waals surface area contributed by atoms with Crippen molar-refractivity contribution in [1.82, 2.24) is 23.5 Å². The van der Waals surface area contributed by atoms with Crippen molar-refractivity contribution in [3.63, 3.8) is 0 Å². The second-order valence-electron chi connectivity index (χ2n) is 16.4. The Balaban J connectivity index is 0.995. The van der Waals surface area contributed by atoms with Gasteiger partial charge in [0, 0.05) is 16.8 Å². The molecule has 14 rings (SSSR count). The standard InChI is InChI=1S/C55H43N5O.Pt/c1-35-30-53(56-38(4)54(35)43-14-9-6-10-15-43)60-50-29-28-49(41-12-7-5-8-13-41)57-55(50)48-27-26-47(32-51(48)60)61-46-17-11-16-45(31-46)58-33-52-42-21-20-39-18-19-40(37(3)36(39)2)22-24-44(25-23-42)59(52)34-58;/h5-19,23,25-30,33H,20-22,24H2,1-4H3;/q-2;. The summed E-state index contributed by atoms with van der Waals surface area (Å²) in [6, 6.07) is 54.0. The summed E-state index contributed by atoms with van der Waals surface area (Å²) in [5.74, 6) is 2.01. The topological polar surface area (TPSA) is 49.3 Å². The van der Waals surface area contributed by atoms with Crippen LogP contribution in [0, 0.1) is 43.6 Å². The van der Waals surface area contributed by atoms with E-state index in [0.29, 0.717) is 11.5 Å². The first-order chi connectivity index (χ1) is 30.3. The van der Waals surface area contributed by atoms with Crippen molar-refractivity contribution >= 4 is 27.5 Å². The van der Waals surface area contributed by atoms with Gasteiger partial charge in [-0.2, -0.15) is 0 Å². The van der Waals surface area contributed by atoms with E-state index >= 15 is 0 Å². The van der Waals surface area contributed by atoms with Gasteiger partial charge in [-0.3, -0.25) is 0 Å². The number of aryl methyl sites for hydroxylation is 6. The van der Waals surface area contributed by atoms with Crippen LogP contribution in [0.2, 0.25) is 0 Å². The smallest absolute Gasteiger partial charge is 0.0622 e. The van der Waals surface area contributed by atoms with Gasteiger partial charge < -0.3 is 0 Å². The fourth-order valence-electron chi connectivity index (χ4n) is 9.42. The Morgan fingerprint density at radius 1 is 0.613 bits per heavy atom. The predicted octanol–water partition coefficient (Wildman–Crippen LogP) is 12.5. The van der Waals surface area contributed by atoms with Gasteiger partial charge >= 0.3 is 260 Å². The Labute approximate surface area is 372 Å². The molecule has 4 bridgehead atoms. The van der Waals surface area contributed by atoms with Crippen LogP contribution in [0.25, 0.3) is 61.3 Å². The second kappa shape index (κ2) is 15.4. The summed E-state index contributed by atoms with van der Waals surface area (Å²) in [4.78, 5) is 10.5. The van der Waals surface area contributed by atoms with Gasteiger partial charge in [-0.05, 0) is 31.0 Å². The summed E-state index contributed by atoms with van der Waals surface area (Å²) in [6.07, 6.45) is 6.22. The van der Waals surface area contributed by atoms with Crippen LogP contribution in [-0.2, 0) is 45.0 Å². The Kier molecular flexibility index (Phi) is 9.50. The molecule has 4 aliphatic rings. The van der Waals surface area contributed by atoms with E-state index in [-0.39, 0.29) is 0 Å². The molecule has 62 heavy (non-hydrogen) atoms. The SMILES string of the molecule is Cc1cc(-n2c3[c-]c(Oc4[c-]c(-n5cc6c7ccc(n6[c]5=[Pt])CCc5ccc(c(C)c5C)CC7)ccc4)ccc3c3nc(-c4ccccc4)ccc32)nc(C)c1-c1ccccc1. The van der Waals surface area contributed by atoms with E-state index in [9.17, 15) is 0 Å². The molecule has 6 nitrogen and oxygen atoms in total. The molecule has 5 aromatic carbocycles. The van der Waals surface area contributed by atoms with Crippen LogP contribution in [-0.4, -0.2) is 23.5 Å². The van der Waals surface area contributed by atoms with Crippen LogP contribution < -0.4 is 4.74 Å². The zero-order valence-electron chi connectivity index (χ0n) is 35.1. The van der Waals surface area contributed by atoms with Gasteiger partial charge in [0.05, 0.1) is 5.69 Å². The number of fused-ring (bicyclic) bond motifs is 3. The molecule has 0 saturated carbocycles. The van der Waals surface area contributed by atoms with Crippen LogP contribution in [0.5, 0.6) is 11.5 Å². The first-order valence-corrected chi connectivity index (χ1v) is 22.4. The number of pyridine rings is 3. The van der Waals surface area contributed by atoms with Crippen molar-refractivity contribution in [2.75, 3.05) is 0 Å². The Hall–Kier alpha value is -6.62. The van der Waals surface area contributed by atoms with Crippen LogP contribution in [0.4, 0.5) is 0 Å². The summed E-state index contributed by atoms with van der Waals surface area (Å²) in [5.41, 5.74) is 19.6. The van der Waals surface area contributed by atoms with E-state index in [0.717, 1.165) is 96.6 Å². The summed E-state index contributed by atoms with van der Waals surface area (Å²) in [5, 5.41) is 0.974. The van der Waals surface area contributed by atoms with E-state index in [4.69, 9.17) is 14.7 Å². The Bertz CT molecular complexity index is 3430. The maximum absolute atomic E-state index is 6.67. The van der Waals surface area contributed by atoms with Crippen LogP contribution >= 0.6 is 0 Å². The molecular weight excluding hydrogens is 942 g/mol. The van der Waals surface area contributed by atoms with Gasteiger partial charge in [-0.25, -0.2) is 0 Å². The first kappa shape index (κ1) is 38.3. The summed E-state index contributed by atoms with van der Waals surface area (Å²) in [6.45, 7) is 8.82. The number of imidazole rings is 1. The molecule has 0 N–H and O–H groups in total. The van der Waals surface area contributed by atoms with E-state index in [1.165, 1.54) is 39.0 Å². The monoisotopic (exact) mass is 984 g/mol. The van der Waals surface area contributed by atoms with Gasteiger partial charge in [0.1, 0.15) is 0 Å². The van der Waals surface area contributed by atoms with Crippen molar-refractivity contribution in [3.05, 3.63) is 200 Å². The molecule has 0 spiro atoms. The van der Waals surface area contributed by atoms with E-state index < -0.39 is 0 Å². The zero-order valence-corrected chi connectivity index (χ0v) is 37.3. The van der Waals surface area contributed by atoms with E-state index in [2.05, 4.69) is 170 Å². The molecular formula is C55H43N5OPt-2. The van der Waals surface area contributed by atoms with Gasteiger partial charge in [0.15, 0.2) is 0 Å². The number of hydrogen-bond donors (Lipinski definition) is 0. The maximum atomic E-state index is 6.67. The van der Waals surface area contributed by atoms with Gasteiger partial charge in [0.2, 0.25) is 0 Å². The minimum absolute atomic E-state index is 0.585. The minimum atomic E-state index is 0.585. The number of nitrogens with zero attached hydrogens (tertiary/aromatic N) is 5. The number of rotatable bonds is 6. The molecule has 7 heterocycles. The summed E-state index contributed by atoms with van der Waals surface area (Å²) < 4.78 is 14.6. The first-order valence-electron chi connectivity index (χ1n) is 21.2. The van der Waals surface area contributed by atoms with E-state index in [1.807, 2.05) is 42.5 Å². The molecule has 306 valence electrons. The molecule has 2 aliphatic carbocycles. The number of aromatic nitrogens is 5. The molecule has 0 radical (unpaired) electrons. The average molecular weight is 985 g/mol. The zero-order chi connectivity index (χ0) is 42.1. The molecule has 0 fully saturated rings. The molecule has 10 aromatic rings. The summed E-state index contributed by atoms with van der Waals surface area (Å²) in [7, 11) is 0. The number of hydrogen-bond acceptors (Lipinski definition) is 3. The average Bonchev–Trinajstić information content (AvgIpc) is 3.81. The van der Waals surface area contributed by atoms with Gasteiger partial charge in [-0.1, -0.05) is 60.7 Å². The predicted molar refractivity (Wildman–Crippen MR) is 245 cm³/mol. The van der Waals surface area contributed by atoms with Crippen LogP contribution in [0.1, 0.15) is 44.8 Å². The van der Waals surface area contributed by atoms with Crippen LogP contribution in [0.3, 0.4) is 0 Å². The van der Waals surface area contributed by atoms with Crippen molar-refractivity contribution in [1.29, 1.82) is 0 Å². The van der Waals surface area contributed by atoms with E-state index in [1.54, 1.807) is 0 Å². The Morgan fingerprint density at radius 3 is 2.06 bits per heavy atom. The number of ether oxygens (including phenoxy) is 1. The van der Waals surface area contributed by atoms with Crippen molar-refractivity contribution in [2.24, 2.45) is 0 Å². The third kappa shape index (κ3) is 6.56. The quantitative estimate of drug-likeness (QED) is 0.156. The molecule has 5 aromatic heterocycles. The van der Waals surface area contributed by atoms with Crippen molar-refractivity contribution in [3.8, 4) is 45.4 Å². The van der Waals surface area contributed by atoms with Crippen LogP contribution in [0.15, 0.2) is 140 Å². The fourth-order valence-corrected chi connectivity index (χ4v) is 10.4. The Morgan fingerprint density at radius 2 is 1.31 bits per heavy atom. The molecule has 0 saturated heterocycles. The molecule has 0 atom stereocenters. The summed E-state index contributed by atoms with van der Waals surface area (Å²) >= 11 is 2.48. The normalized spacial score (nSPS) is 12.7. The fraction of sp³-hybridized carbons (Fsp3) is 0.145. The second-order valence-corrected chi connectivity index (χ2v) is 17.4. The molecule has 2 aliphatic heterocycles. The molecule has 7 heteroatoms. The number of benzene rings is 5. The van der Waals surface area contributed by atoms with Gasteiger partial charge in [-0.15, -0.1) is 0 Å². The third-order valence-corrected chi connectivity index (χ3v) is 13.8. The molecule has 0 unspecified atom stereocenters. The van der Waals surface area contributed by atoms with Crippen molar-refractivity contribution in [2.45, 2.75) is 53.4 Å². The molecule has 0 amide bonds. The van der Waals surface area contributed by atoms with Crippen molar-refractivity contribution < 1.29 is 24.1 Å². The third-order valence-electron chi connectivity index (χ3n) is 12.7. The van der Waals surface area contributed by atoms with Gasteiger partial charge in [0.25, 0.3) is 0 Å². The minimum Gasteiger partial charge on any atom is -0.0622 e.